The average Bonchev–Trinajstić information content (AvgIpc) is 2.18. The zero-order chi connectivity index (χ0) is 11.4. The number of aryl methyl sites for hydroxylation is 2. The lowest BCUT2D eigenvalue weighted by Gasteiger charge is -2.09. The molecule has 0 saturated heterocycles. The van der Waals surface area contributed by atoms with Gasteiger partial charge >= 0.3 is 5.97 Å². The van der Waals surface area contributed by atoms with Crippen molar-refractivity contribution in [1.29, 1.82) is 0 Å². The van der Waals surface area contributed by atoms with Crippen molar-refractivity contribution in [2.24, 2.45) is 0 Å². The van der Waals surface area contributed by atoms with Crippen LogP contribution < -0.4 is 0 Å². The molecule has 1 aromatic carbocycles. The Hall–Kier alpha value is -0.960. The molecule has 0 heterocycles. The zero-order valence-corrected chi connectivity index (χ0v) is 10.1. The molecule has 0 aromatic heterocycles. The predicted molar refractivity (Wildman–Crippen MR) is 64.3 cm³/mol. The maximum atomic E-state index is 10.7. The molecule has 1 aromatic rings. The Morgan fingerprint density at radius 3 is 2.73 bits per heavy atom. The smallest absolute Gasteiger partial charge is 0.316 e. The lowest BCUT2D eigenvalue weighted by Crippen LogP contribution is -2.11. The van der Waals surface area contributed by atoms with Crippen molar-refractivity contribution >= 4 is 17.7 Å². The van der Waals surface area contributed by atoms with Crippen molar-refractivity contribution in [1.82, 2.24) is 0 Å². The minimum atomic E-state index is -0.745. The molecule has 0 spiro atoms. The summed E-state index contributed by atoms with van der Waals surface area (Å²) in [6.07, 6.45) is 0. The Balaban J connectivity index is 2.65. The highest BCUT2D eigenvalue weighted by Crippen LogP contribution is 2.21. The summed E-state index contributed by atoms with van der Waals surface area (Å²) in [6.45, 7) is 5.83. The number of benzene rings is 1. The van der Waals surface area contributed by atoms with Gasteiger partial charge in [-0.15, -0.1) is 11.8 Å². The molecule has 1 N–H and O–H groups in total. The summed E-state index contributed by atoms with van der Waals surface area (Å²) in [4.78, 5) is 10.7. The molecule has 0 radical (unpaired) electrons. The van der Waals surface area contributed by atoms with Gasteiger partial charge in [-0.3, -0.25) is 4.79 Å². The lowest BCUT2D eigenvalue weighted by atomic mass is 10.1. The first-order valence-electron chi connectivity index (χ1n) is 4.91. The van der Waals surface area contributed by atoms with Crippen LogP contribution in [0.15, 0.2) is 18.2 Å². The molecule has 0 aliphatic carbocycles. The minimum Gasteiger partial charge on any atom is -0.480 e. The first-order valence-corrected chi connectivity index (χ1v) is 5.96. The number of aliphatic carboxylic acids is 1. The summed E-state index contributed by atoms with van der Waals surface area (Å²) in [5, 5.41) is 8.42. The fourth-order valence-electron chi connectivity index (χ4n) is 1.24. The standard InChI is InChI=1S/C12H16O2S/c1-8-4-5-9(2)11(6-8)7-15-10(3)12(13)14/h4-6,10H,7H2,1-3H3,(H,13,14). The quantitative estimate of drug-likeness (QED) is 0.854. The first-order chi connectivity index (χ1) is 7.00. The molecule has 0 amide bonds. The van der Waals surface area contributed by atoms with Crippen LogP contribution in [-0.4, -0.2) is 16.3 Å². The van der Waals surface area contributed by atoms with E-state index in [1.807, 2.05) is 6.92 Å². The number of hydrogen-bond donors (Lipinski definition) is 1. The van der Waals surface area contributed by atoms with Crippen molar-refractivity contribution in [2.45, 2.75) is 31.8 Å². The van der Waals surface area contributed by atoms with Gasteiger partial charge in [-0.05, 0) is 31.9 Å². The Kier molecular flexibility index (Phi) is 4.21. The molecule has 0 aliphatic rings. The van der Waals surface area contributed by atoms with E-state index in [1.54, 1.807) is 6.92 Å². The van der Waals surface area contributed by atoms with Gasteiger partial charge in [0.1, 0.15) is 0 Å². The monoisotopic (exact) mass is 224 g/mol. The highest BCUT2D eigenvalue weighted by molar-refractivity contribution is 7.99. The SMILES string of the molecule is Cc1ccc(C)c(CSC(C)C(=O)O)c1. The van der Waals surface area contributed by atoms with Crippen LogP contribution in [0.3, 0.4) is 0 Å². The van der Waals surface area contributed by atoms with Crippen molar-refractivity contribution < 1.29 is 9.90 Å². The molecule has 1 atom stereocenters. The second-order valence-electron chi connectivity index (χ2n) is 3.72. The normalized spacial score (nSPS) is 12.5. The Morgan fingerprint density at radius 2 is 2.13 bits per heavy atom. The van der Waals surface area contributed by atoms with Gasteiger partial charge in [0.05, 0.1) is 5.25 Å². The van der Waals surface area contributed by atoms with E-state index in [4.69, 9.17) is 5.11 Å². The molecule has 3 heteroatoms. The van der Waals surface area contributed by atoms with Gasteiger partial charge in [-0.25, -0.2) is 0 Å². The highest BCUT2D eigenvalue weighted by Gasteiger charge is 2.11. The maximum Gasteiger partial charge on any atom is 0.316 e. The summed E-state index contributed by atoms with van der Waals surface area (Å²) >= 11 is 1.46. The minimum absolute atomic E-state index is 0.343. The Morgan fingerprint density at radius 1 is 1.47 bits per heavy atom. The van der Waals surface area contributed by atoms with Gasteiger partial charge in [-0.2, -0.15) is 0 Å². The van der Waals surface area contributed by atoms with Crippen molar-refractivity contribution in [3.8, 4) is 0 Å². The van der Waals surface area contributed by atoms with E-state index in [9.17, 15) is 4.79 Å². The van der Waals surface area contributed by atoms with Crippen LogP contribution in [0.25, 0.3) is 0 Å². The van der Waals surface area contributed by atoms with Gasteiger partial charge in [0.15, 0.2) is 0 Å². The van der Waals surface area contributed by atoms with Crippen LogP contribution in [0.1, 0.15) is 23.6 Å². The summed E-state index contributed by atoms with van der Waals surface area (Å²) in [6, 6.07) is 6.28. The molecule has 0 bridgehead atoms. The summed E-state index contributed by atoms with van der Waals surface area (Å²) in [7, 11) is 0. The van der Waals surface area contributed by atoms with E-state index in [0.717, 1.165) is 5.75 Å². The molecular formula is C12H16O2S. The molecule has 2 nitrogen and oxygen atoms in total. The average molecular weight is 224 g/mol. The largest absolute Gasteiger partial charge is 0.480 e. The number of rotatable bonds is 4. The van der Waals surface area contributed by atoms with E-state index >= 15 is 0 Å². The number of carbonyl (C=O) groups is 1. The molecule has 1 rings (SSSR count). The van der Waals surface area contributed by atoms with Crippen LogP contribution in [0.5, 0.6) is 0 Å². The molecule has 15 heavy (non-hydrogen) atoms. The molecule has 0 saturated carbocycles. The maximum absolute atomic E-state index is 10.7. The van der Waals surface area contributed by atoms with Crippen LogP contribution in [0.2, 0.25) is 0 Å². The second kappa shape index (κ2) is 5.21. The van der Waals surface area contributed by atoms with Crippen LogP contribution in [0.4, 0.5) is 0 Å². The molecule has 0 aliphatic heterocycles. The van der Waals surface area contributed by atoms with Gasteiger partial charge in [0, 0.05) is 5.75 Å². The van der Waals surface area contributed by atoms with E-state index in [1.165, 1.54) is 28.5 Å². The van der Waals surface area contributed by atoms with Crippen LogP contribution in [-0.2, 0) is 10.5 Å². The van der Waals surface area contributed by atoms with Gasteiger partial charge in [-0.1, -0.05) is 23.8 Å². The topological polar surface area (TPSA) is 37.3 Å². The third kappa shape index (κ3) is 3.59. The van der Waals surface area contributed by atoms with Crippen LogP contribution in [0, 0.1) is 13.8 Å². The number of carboxylic acids is 1. The van der Waals surface area contributed by atoms with Crippen LogP contribution >= 0.6 is 11.8 Å². The molecule has 1 unspecified atom stereocenters. The Labute approximate surface area is 94.7 Å². The zero-order valence-electron chi connectivity index (χ0n) is 9.28. The summed E-state index contributed by atoms with van der Waals surface area (Å²) in [5.41, 5.74) is 3.68. The summed E-state index contributed by atoms with van der Waals surface area (Å²) in [5.74, 6) is 0.0198. The first kappa shape index (κ1) is 12.1. The van der Waals surface area contributed by atoms with Gasteiger partial charge in [0.25, 0.3) is 0 Å². The van der Waals surface area contributed by atoms with E-state index in [-0.39, 0.29) is 5.25 Å². The molecule has 0 fully saturated rings. The lowest BCUT2D eigenvalue weighted by molar-refractivity contribution is -0.136. The fraction of sp³-hybridized carbons (Fsp3) is 0.417. The Bertz CT molecular complexity index is 361. The predicted octanol–water partition coefficient (Wildman–Crippen LogP) is 3.01. The number of carboxylic acid groups (broad SMARTS) is 1. The summed E-state index contributed by atoms with van der Waals surface area (Å²) < 4.78 is 0. The van der Waals surface area contributed by atoms with E-state index < -0.39 is 5.97 Å². The van der Waals surface area contributed by atoms with Gasteiger partial charge in [0.2, 0.25) is 0 Å². The van der Waals surface area contributed by atoms with E-state index in [0.29, 0.717) is 0 Å². The van der Waals surface area contributed by atoms with Crippen molar-refractivity contribution in [3.05, 3.63) is 34.9 Å². The van der Waals surface area contributed by atoms with E-state index in [2.05, 4.69) is 25.1 Å². The van der Waals surface area contributed by atoms with Crippen molar-refractivity contribution in [2.75, 3.05) is 0 Å². The molecular weight excluding hydrogens is 208 g/mol. The van der Waals surface area contributed by atoms with Crippen molar-refractivity contribution in [3.63, 3.8) is 0 Å². The fourth-order valence-corrected chi connectivity index (χ4v) is 2.12. The highest BCUT2D eigenvalue weighted by atomic mass is 32.2. The third-order valence-corrected chi connectivity index (χ3v) is 3.52. The number of hydrogen-bond acceptors (Lipinski definition) is 2. The number of thioether (sulfide) groups is 1. The second-order valence-corrected chi connectivity index (χ2v) is 5.05. The third-order valence-electron chi connectivity index (χ3n) is 2.34. The van der Waals surface area contributed by atoms with Gasteiger partial charge < -0.3 is 5.11 Å². The molecule has 82 valence electrons.